The van der Waals surface area contributed by atoms with Gasteiger partial charge in [0, 0.05) is 17.8 Å². The van der Waals surface area contributed by atoms with Crippen LogP contribution in [0.2, 0.25) is 0 Å². The molecule has 7 heteroatoms. The highest BCUT2D eigenvalue weighted by Gasteiger charge is 2.28. The van der Waals surface area contributed by atoms with Gasteiger partial charge in [-0.05, 0) is 18.1 Å². The summed E-state index contributed by atoms with van der Waals surface area (Å²) in [6.45, 7) is 0.793. The highest BCUT2D eigenvalue weighted by atomic mass is 35.5. The summed E-state index contributed by atoms with van der Waals surface area (Å²) in [6.07, 6.45) is -1.46. The van der Waals surface area contributed by atoms with Crippen molar-refractivity contribution in [2.24, 2.45) is 5.73 Å². The smallest absolute Gasteiger partial charge is 0.324 e. The first kappa shape index (κ1) is 16.5. The number of hydrogen-bond donors (Lipinski definition) is 1. The minimum Gasteiger partial charge on any atom is -0.324 e. The van der Waals surface area contributed by atoms with Crippen molar-refractivity contribution in [3.8, 4) is 11.1 Å². The van der Waals surface area contributed by atoms with Gasteiger partial charge in [0.15, 0.2) is 0 Å². The topological polar surface area (TPSA) is 43.8 Å². The van der Waals surface area contributed by atoms with E-state index in [0.717, 1.165) is 15.8 Å². The van der Waals surface area contributed by atoms with Crippen molar-refractivity contribution in [3.05, 3.63) is 42.2 Å². The first-order valence-electron chi connectivity index (χ1n) is 5.80. The van der Waals surface area contributed by atoms with Gasteiger partial charge in [-0.15, -0.1) is 12.4 Å². The molecule has 1 aromatic heterocycles. The predicted octanol–water partition coefficient (Wildman–Crippen LogP) is 3.55. The molecule has 2 rings (SSSR count). The molecule has 1 unspecified atom stereocenters. The van der Waals surface area contributed by atoms with Crippen molar-refractivity contribution < 1.29 is 13.2 Å². The van der Waals surface area contributed by atoms with Crippen LogP contribution in [-0.2, 0) is 6.54 Å². The lowest BCUT2D eigenvalue weighted by Crippen LogP contribution is -2.17. The maximum absolute atomic E-state index is 12.2. The lowest BCUT2D eigenvalue weighted by atomic mass is 10.0. The van der Waals surface area contributed by atoms with Crippen LogP contribution in [0, 0.1) is 0 Å². The average Bonchev–Trinajstić information content (AvgIpc) is 2.75. The normalized spacial score (nSPS) is 12.8. The molecule has 20 heavy (non-hydrogen) atoms. The monoisotopic (exact) mass is 305 g/mol. The van der Waals surface area contributed by atoms with Crippen molar-refractivity contribution in [1.29, 1.82) is 0 Å². The van der Waals surface area contributed by atoms with E-state index in [9.17, 15) is 13.2 Å². The third kappa shape index (κ3) is 4.25. The summed E-state index contributed by atoms with van der Waals surface area (Å²) in [6, 6.07) is 7.31. The molecule has 0 fully saturated rings. The predicted molar refractivity (Wildman–Crippen MR) is 73.6 cm³/mol. The van der Waals surface area contributed by atoms with Crippen molar-refractivity contribution in [1.82, 2.24) is 9.78 Å². The Hall–Kier alpha value is -1.53. The lowest BCUT2D eigenvalue weighted by molar-refractivity contribution is -0.142. The molecular weight excluding hydrogens is 291 g/mol. The minimum atomic E-state index is -4.26. The fraction of sp³-hybridized carbons (Fsp3) is 0.308. The molecule has 110 valence electrons. The first-order chi connectivity index (χ1) is 8.85. The summed E-state index contributed by atoms with van der Waals surface area (Å²) in [5.41, 5.74) is 8.18. The highest BCUT2D eigenvalue weighted by molar-refractivity contribution is 5.85. The van der Waals surface area contributed by atoms with Gasteiger partial charge in [-0.25, -0.2) is 0 Å². The summed E-state index contributed by atoms with van der Waals surface area (Å²) in [5, 5.41) is 3.71. The van der Waals surface area contributed by atoms with E-state index in [-0.39, 0.29) is 18.4 Å². The van der Waals surface area contributed by atoms with Crippen LogP contribution < -0.4 is 5.73 Å². The highest BCUT2D eigenvalue weighted by Crippen LogP contribution is 2.23. The van der Waals surface area contributed by atoms with Gasteiger partial charge in [0.1, 0.15) is 6.54 Å². The second kappa shape index (κ2) is 6.28. The molecular formula is C13H15ClF3N3. The molecule has 2 aromatic rings. The zero-order chi connectivity index (χ0) is 14.0. The molecule has 1 atom stereocenters. The molecule has 0 bridgehead atoms. The largest absolute Gasteiger partial charge is 0.408 e. The van der Waals surface area contributed by atoms with Gasteiger partial charge in [0.2, 0.25) is 0 Å². The molecule has 2 N–H and O–H groups in total. The number of hydrogen-bond acceptors (Lipinski definition) is 2. The van der Waals surface area contributed by atoms with E-state index in [2.05, 4.69) is 5.10 Å². The van der Waals surface area contributed by atoms with Crippen LogP contribution in [0.3, 0.4) is 0 Å². The number of rotatable bonds is 3. The Kier molecular flexibility index (Phi) is 5.19. The van der Waals surface area contributed by atoms with Crippen molar-refractivity contribution in [2.45, 2.75) is 25.7 Å². The molecule has 0 aliphatic heterocycles. The maximum Gasteiger partial charge on any atom is 0.408 e. The van der Waals surface area contributed by atoms with Gasteiger partial charge in [0.05, 0.1) is 6.20 Å². The van der Waals surface area contributed by atoms with Gasteiger partial charge >= 0.3 is 6.18 Å². The van der Waals surface area contributed by atoms with Crippen LogP contribution in [0.25, 0.3) is 11.1 Å². The Balaban J connectivity index is 0.00000200. The number of halogens is 4. The maximum atomic E-state index is 12.2. The second-order valence-electron chi connectivity index (χ2n) is 4.45. The Labute approximate surface area is 121 Å². The van der Waals surface area contributed by atoms with E-state index in [1.54, 1.807) is 0 Å². The third-order valence-corrected chi connectivity index (χ3v) is 2.74. The molecule has 1 aromatic carbocycles. The number of alkyl halides is 3. The quantitative estimate of drug-likeness (QED) is 0.942. The number of nitrogens with two attached hydrogens (primary N) is 1. The van der Waals surface area contributed by atoms with Crippen LogP contribution in [0.4, 0.5) is 13.2 Å². The molecule has 0 saturated heterocycles. The van der Waals surface area contributed by atoms with Crippen molar-refractivity contribution in [3.63, 3.8) is 0 Å². The van der Waals surface area contributed by atoms with Crippen LogP contribution >= 0.6 is 12.4 Å². The van der Waals surface area contributed by atoms with Gasteiger partial charge in [-0.3, -0.25) is 4.68 Å². The molecule has 0 radical (unpaired) electrons. The Morgan fingerprint density at radius 3 is 2.30 bits per heavy atom. The summed E-state index contributed by atoms with van der Waals surface area (Å²) in [7, 11) is 0. The number of benzene rings is 1. The van der Waals surface area contributed by atoms with Crippen molar-refractivity contribution in [2.75, 3.05) is 0 Å². The minimum absolute atomic E-state index is 0. The zero-order valence-corrected chi connectivity index (χ0v) is 11.6. The van der Waals surface area contributed by atoms with E-state index in [0.29, 0.717) is 5.56 Å². The molecule has 0 aliphatic rings. The van der Waals surface area contributed by atoms with E-state index >= 15 is 0 Å². The molecule has 0 spiro atoms. The zero-order valence-electron chi connectivity index (χ0n) is 10.8. The summed E-state index contributed by atoms with van der Waals surface area (Å²) in [4.78, 5) is 0. The molecule has 0 saturated carbocycles. The number of nitrogens with zero attached hydrogens (tertiary/aromatic N) is 2. The molecule has 3 nitrogen and oxygen atoms in total. The fourth-order valence-corrected chi connectivity index (χ4v) is 1.76. The van der Waals surface area contributed by atoms with E-state index in [1.807, 2.05) is 31.2 Å². The van der Waals surface area contributed by atoms with E-state index in [4.69, 9.17) is 5.73 Å². The van der Waals surface area contributed by atoms with Gasteiger partial charge in [-0.2, -0.15) is 18.3 Å². The average molecular weight is 306 g/mol. The van der Waals surface area contributed by atoms with Crippen LogP contribution in [0.15, 0.2) is 36.7 Å². The molecule has 1 heterocycles. The lowest BCUT2D eigenvalue weighted by Gasteiger charge is -2.06. The summed E-state index contributed by atoms with van der Waals surface area (Å²) in [5.74, 6) is 0. The van der Waals surface area contributed by atoms with Gasteiger partial charge in [-0.1, -0.05) is 24.3 Å². The third-order valence-electron chi connectivity index (χ3n) is 2.74. The van der Waals surface area contributed by atoms with Gasteiger partial charge in [0.25, 0.3) is 0 Å². The number of aromatic nitrogens is 2. The SMILES string of the molecule is CC(N)c1ccc(-c2cnn(CC(F)(F)F)c2)cc1.Cl. The first-order valence-corrected chi connectivity index (χ1v) is 5.80. The Morgan fingerprint density at radius 1 is 1.20 bits per heavy atom. The van der Waals surface area contributed by atoms with E-state index < -0.39 is 12.7 Å². The molecule has 0 amide bonds. The fourth-order valence-electron chi connectivity index (χ4n) is 1.76. The Morgan fingerprint density at radius 2 is 1.80 bits per heavy atom. The Bertz CT molecular complexity index is 547. The standard InChI is InChI=1S/C13H14F3N3.ClH/c1-9(17)10-2-4-11(5-3-10)12-6-18-19(7-12)8-13(14,15)16;/h2-7,9H,8,17H2,1H3;1H. The second-order valence-corrected chi connectivity index (χ2v) is 4.45. The summed E-state index contributed by atoms with van der Waals surface area (Å²) >= 11 is 0. The molecule has 0 aliphatic carbocycles. The summed E-state index contributed by atoms with van der Waals surface area (Å²) < 4.78 is 37.5. The van der Waals surface area contributed by atoms with Crippen LogP contribution in [0.1, 0.15) is 18.5 Å². The van der Waals surface area contributed by atoms with Crippen LogP contribution in [0.5, 0.6) is 0 Å². The van der Waals surface area contributed by atoms with Crippen molar-refractivity contribution >= 4 is 12.4 Å². The van der Waals surface area contributed by atoms with Gasteiger partial charge < -0.3 is 5.73 Å². The van der Waals surface area contributed by atoms with Crippen LogP contribution in [-0.4, -0.2) is 16.0 Å². The van der Waals surface area contributed by atoms with E-state index in [1.165, 1.54) is 12.4 Å².